The summed E-state index contributed by atoms with van der Waals surface area (Å²) in [5, 5.41) is 2.72. The molecule has 2 aromatic heterocycles. The Morgan fingerprint density at radius 1 is 1.00 bits per heavy atom. The van der Waals surface area contributed by atoms with Gasteiger partial charge in [-0.2, -0.15) is 0 Å². The van der Waals surface area contributed by atoms with Crippen molar-refractivity contribution in [1.82, 2.24) is 19.5 Å². The average molecular weight is 461 g/mol. The number of benzene rings is 2. The first-order chi connectivity index (χ1) is 16.5. The fourth-order valence-electron chi connectivity index (χ4n) is 3.81. The molecule has 172 valence electrons. The van der Waals surface area contributed by atoms with Crippen molar-refractivity contribution >= 4 is 28.9 Å². The summed E-state index contributed by atoms with van der Waals surface area (Å²) in [6.07, 6.45) is -1.95. The second kappa shape index (κ2) is 8.99. The lowest BCUT2D eigenvalue weighted by molar-refractivity contribution is -0.0437. The number of carbonyl (C=O) groups excluding carboxylic acids is 2. The Kier molecular flexibility index (Phi) is 5.72. The van der Waals surface area contributed by atoms with Crippen molar-refractivity contribution in [2.75, 3.05) is 5.32 Å². The van der Waals surface area contributed by atoms with Crippen LogP contribution in [0.1, 0.15) is 33.9 Å². The molecule has 0 radical (unpaired) electrons. The SMILES string of the molecule is C[C@H]1O[C@@H](n2cnc3c(NC(=O)c4ccccc4)ncnc32)[C@H](OC(=O)c2ccccc2)[C@@H]1F. The number of fused-ring (bicyclic) bond motifs is 1. The number of ether oxygens (including phenoxy) is 2. The van der Waals surface area contributed by atoms with Gasteiger partial charge in [-0.1, -0.05) is 36.4 Å². The van der Waals surface area contributed by atoms with Gasteiger partial charge in [-0.05, 0) is 31.2 Å². The number of rotatable bonds is 5. The van der Waals surface area contributed by atoms with Gasteiger partial charge >= 0.3 is 5.97 Å². The molecule has 5 rings (SSSR count). The van der Waals surface area contributed by atoms with Crippen molar-refractivity contribution in [3.63, 3.8) is 0 Å². The molecule has 34 heavy (non-hydrogen) atoms. The van der Waals surface area contributed by atoms with E-state index in [1.165, 1.54) is 17.2 Å². The first-order valence-corrected chi connectivity index (χ1v) is 10.6. The van der Waals surface area contributed by atoms with E-state index in [2.05, 4.69) is 20.3 Å². The minimum absolute atomic E-state index is 0.193. The van der Waals surface area contributed by atoms with Crippen LogP contribution in [0, 0.1) is 0 Å². The van der Waals surface area contributed by atoms with Gasteiger partial charge in [0.1, 0.15) is 6.33 Å². The number of halogens is 1. The third kappa shape index (κ3) is 3.99. The number of esters is 1. The maximum absolute atomic E-state index is 15.0. The maximum Gasteiger partial charge on any atom is 0.338 e. The van der Waals surface area contributed by atoms with E-state index in [-0.39, 0.29) is 11.7 Å². The number of amides is 1. The molecule has 0 saturated carbocycles. The molecule has 1 saturated heterocycles. The molecule has 2 aromatic carbocycles. The Morgan fingerprint density at radius 2 is 1.68 bits per heavy atom. The highest BCUT2D eigenvalue weighted by molar-refractivity contribution is 6.06. The van der Waals surface area contributed by atoms with Gasteiger partial charge in [0.05, 0.1) is 18.0 Å². The number of hydrogen-bond donors (Lipinski definition) is 1. The summed E-state index contributed by atoms with van der Waals surface area (Å²) in [5.74, 6) is -0.830. The molecule has 1 N–H and O–H groups in total. The molecular formula is C24H20FN5O4. The standard InChI is InChI=1S/C24H20FN5O4/c1-14-17(25)19(34-24(32)16-10-6-3-7-11-16)23(33-14)30-13-28-18-20(26-12-27-21(18)30)29-22(31)15-8-4-2-5-9-15/h2-14,17,19,23H,1H3,(H,26,27,29,31)/t14-,17-,19-,23-/m1/s1. The van der Waals surface area contributed by atoms with Crippen molar-refractivity contribution in [2.45, 2.75) is 31.5 Å². The smallest absolute Gasteiger partial charge is 0.338 e. The van der Waals surface area contributed by atoms with Gasteiger partial charge in [0, 0.05) is 5.56 Å². The first-order valence-electron chi connectivity index (χ1n) is 10.6. The first kappa shape index (κ1) is 21.7. The third-order valence-electron chi connectivity index (χ3n) is 5.55. The zero-order valence-electron chi connectivity index (χ0n) is 18.0. The van der Waals surface area contributed by atoms with Crippen LogP contribution in [-0.2, 0) is 9.47 Å². The summed E-state index contributed by atoms with van der Waals surface area (Å²) in [6.45, 7) is 1.56. The Bertz CT molecular complexity index is 1330. The van der Waals surface area contributed by atoms with Crippen molar-refractivity contribution in [2.24, 2.45) is 0 Å². The quantitative estimate of drug-likeness (QED) is 0.453. The number of nitrogens with zero attached hydrogens (tertiary/aromatic N) is 4. The molecule has 4 aromatic rings. The van der Waals surface area contributed by atoms with Crippen LogP contribution in [0.15, 0.2) is 73.3 Å². The number of anilines is 1. The predicted octanol–water partition coefficient (Wildman–Crippen LogP) is 3.56. The Balaban J connectivity index is 1.44. The molecule has 1 aliphatic heterocycles. The van der Waals surface area contributed by atoms with Crippen LogP contribution in [0.5, 0.6) is 0 Å². The van der Waals surface area contributed by atoms with Crippen molar-refractivity contribution < 1.29 is 23.5 Å². The van der Waals surface area contributed by atoms with Crippen molar-refractivity contribution in [1.29, 1.82) is 0 Å². The topological polar surface area (TPSA) is 108 Å². The Labute approximate surface area is 193 Å². The van der Waals surface area contributed by atoms with E-state index in [4.69, 9.17) is 9.47 Å². The van der Waals surface area contributed by atoms with Crippen LogP contribution in [0.25, 0.3) is 11.2 Å². The lowest BCUT2D eigenvalue weighted by atomic mass is 10.1. The number of nitrogens with one attached hydrogen (secondary N) is 1. The van der Waals surface area contributed by atoms with Gasteiger partial charge < -0.3 is 14.8 Å². The molecule has 4 atom stereocenters. The lowest BCUT2D eigenvalue weighted by Crippen LogP contribution is -2.32. The highest BCUT2D eigenvalue weighted by Gasteiger charge is 2.47. The minimum Gasteiger partial charge on any atom is -0.451 e. The molecule has 3 heterocycles. The summed E-state index contributed by atoms with van der Waals surface area (Å²) in [4.78, 5) is 37.9. The second-order valence-corrected chi connectivity index (χ2v) is 7.78. The number of carbonyl (C=O) groups is 2. The highest BCUT2D eigenvalue weighted by atomic mass is 19.1. The molecule has 0 aliphatic carbocycles. The number of aromatic nitrogens is 4. The van der Waals surface area contributed by atoms with E-state index < -0.39 is 30.6 Å². The van der Waals surface area contributed by atoms with Crippen LogP contribution in [0.3, 0.4) is 0 Å². The molecule has 1 aliphatic rings. The van der Waals surface area contributed by atoms with E-state index in [1.807, 2.05) is 6.07 Å². The van der Waals surface area contributed by atoms with Crippen LogP contribution < -0.4 is 5.32 Å². The minimum atomic E-state index is -1.56. The van der Waals surface area contributed by atoms with Crippen LogP contribution in [0.4, 0.5) is 10.2 Å². The van der Waals surface area contributed by atoms with E-state index in [0.717, 1.165) is 0 Å². The third-order valence-corrected chi connectivity index (χ3v) is 5.55. The summed E-state index contributed by atoms with van der Waals surface area (Å²) in [7, 11) is 0. The molecular weight excluding hydrogens is 441 g/mol. The van der Waals surface area contributed by atoms with Gasteiger partial charge in [0.25, 0.3) is 5.91 Å². The highest BCUT2D eigenvalue weighted by Crippen LogP contribution is 2.36. The maximum atomic E-state index is 15.0. The fourth-order valence-corrected chi connectivity index (χ4v) is 3.81. The van der Waals surface area contributed by atoms with E-state index >= 15 is 4.39 Å². The van der Waals surface area contributed by atoms with Crippen LogP contribution in [-0.4, -0.2) is 49.8 Å². The van der Waals surface area contributed by atoms with Crippen LogP contribution >= 0.6 is 0 Å². The summed E-state index contributed by atoms with van der Waals surface area (Å²) < 4.78 is 27.8. The van der Waals surface area contributed by atoms with E-state index in [1.54, 1.807) is 61.5 Å². The largest absolute Gasteiger partial charge is 0.451 e. The van der Waals surface area contributed by atoms with E-state index in [9.17, 15) is 9.59 Å². The van der Waals surface area contributed by atoms with Crippen molar-refractivity contribution in [3.05, 3.63) is 84.4 Å². The molecule has 9 nitrogen and oxygen atoms in total. The van der Waals surface area contributed by atoms with Gasteiger partial charge in [-0.25, -0.2) is 24.1 Å². The predicted molar refractivity (Wildman–Crippen MR) is 120 cm³/mol. The fraction of sp³-hybridized carbons (Fsp3) is 0.208. The number of alkyl halides is 1. The van der Waals surface area contributed by atoms with E-state index in [0.29, 0.717) is 22.3 Å². The molecule has 0 unspecified atom stereocenters. The van der Waals surface area contributed by atoms with Gasteiger partial charge in [-0.3, -0.25) is 9.36 Å². The zero-order valence-corrected chi connectivity index (χ0v) is 18.0. The summed E-state index contributed by atoms with van der Waals surface area (Å²) in [6, 6.07) is 17.0. The zero-order chi connectivity index (χ0) is 23.7. The molecule has 10 heteroatoms. The number of hydrogen-bond acceptors (Lipinski definition) is 7. The lowest BCUT2D eigenvalue weighted by Gasteiger charge is -2.21. The van der Waals surface area contributed by atoms with Gasteiger partial charge in [-0.15, -0.1) is 0 Å². The molecule has 1 fully saturated rings. The summed E-state index contributed by atoms with van der Waals surface area (Å²) >= 11 is 0. The number of imidazole rings is 1. The second-order valence-electron chi connectivity index (χ2n) is 7.78. The van der Waals surface area contributed by atoms with Crippen LogP contribution in [0.2, 0.25) is 0 Å². The summed E-state index contributed by atoms with van der Waals surface area (Å²) in [5.41, 5.74) is 1.34. The normalized spacial score (nSPS) is 21.9. The monoisotopic (exact) mass is 461 g/mol. The molecule has 0 bridgehead atoms. The molecule has 1 amide bonds. The van der Waals surface area contributed by atoms with Crippen molar-refractivity contribution in [3.8, 4) is 0 Å². The average Bonchev–Trinajstić information content (AvgIpc) is 3.42. The van der Waals surface area contributed by atoms with Gasteiger partial charge in [0.2, 0.25) is 0 Å². The Hall–Kier alpha value is -4.18. The molecule has 0 spiro atoms. The van der Waals surface area contributed by atoms with Gasteiger partial charge in [0.15, 0.2) is 35.5 Å². The Morgan fingerprint density at radius 3 is 2.38 bits per heavy atom.